The monoisotopic (exact) mass is 367 g/mol. The standard InChI is InChI=1S/C16H15BrClNO2/c1-10(18)12-5-3-4-6-14(12)19-16(20)13-8-7-11(17)9-15(13)21-2/h3-10H,1-2H3,(H,19,20). The minimum absolute atomic E-state index is 0.187. The van der Waals surface area contributed by atoms with Crippen LogP contribution in [0, 0.1) is 0 Å². The number of hydrogen-bond acceptors (Lipinski definition) is 2. The lowest BCUT2D eigenvalue weighted by atomic mass is 10.1. The number of carbonyl (C=O) groups is 1. The van der Waals surface area contributed by atoms with Gasteiger partial charge in [0.1, 0.15) is 5.75 Å². The fourth-order valence-electron chi connectivity index (χ4n) is 2.00. The molecule has 0 aliphatic carbocycles. The SMILES string of the molecule is COc1cc(Br)ccc1C(=O)Nc1ccccc1C(C)Cl. The number of anilines is 1. The summed E-state index contributed by atoms with van der Waals surface area (Å²) in [6, 6.07) is 12.7. The minimum atomic E-state index is -0.232. The summed E-state index contributed by atoms with van der Waals surface area (Å²) in [5.41, 5.74) is 2.05. The van der Waals surface area contributed by atoms with E-state index in [9.17, 15) is 4.79 Å². The van der Waals surface area contributed by atoms with Crippen LogP contribution in [0.2, 0.25) is 0 Å². The Morgan fingerprint density at radius 1 is 1.29 bits per heavy atom. The third kappa shape index (κ3) is 3.77. The lowest BCUT2D eigenvalue weighted by Crippen LogP contribution is -2.14. The van der Waals surface area contributed by atoms with Gasteiger partial charge in [0.15, 0.2) is 0 Å². The van der Waals surface area contributed by atoms with Gasteiger partial charge in [-0.25, -0.2) is 0 Å². The van der Waals surface area contributed by atoms with E-state index in [1.54, 1.807) is 18.2 Å². The Bertz CT molecular complexity index is 658. The van der Waals surface area contributed by atoms with Gasteiger partial charge in [0.05, 0.1) is 18.1 Å². The first-order chi connectivity index (χ1) is 10.0. The van der Waals surface area contributed by atoms with Gasteiger partial charge in [-0.3, -0.25) is 4.79 Å². The van der Waals surface area contributed by atoms with Gasteiger partial charge >= 0.3 is 0 Å². The average molecular weight is 369 g/mol. The van der Waals surface area contributed by atoms with Crippen molar-refractivity contribution in [2.75, 3.05) is 12.4 Å². The number of carbonyl (C=O) groups excluding carboxylic acids is 1. The van der Waals surface area contributed by atoms with Gasteiger partial charge < -0.3 is 10.1 Å². The second kappa shape index (κ2) is 6.96. The highest BCUT2D eigenvalue weighted by Gasteiger charge is 2.15. The number of amides is 1. The van der Waals surface area contributed by atoms with Gasteiger partial charge in [0.25, 0.3) is 5.91 Å². The Hall–Kier alpha value is -1.52. The Balaban J connectivity index is 2.31. The van der Waals surface area contributed by atoms with Gasteiger partial charge in [-0.15, -0.1) is 11.6 Å². The Morgan fingerprint density at radius 3 is 2.67 bits per heavy atom. The molecule has 0 spiro atoms. The van der Waals surface area contributed by atoms with Crippen LogP contribution in [0.5, 0.6) is 5.75 Å². The highest BCUT2D eigenvalue weighted by Crippen LogP contribution is 2.29. The summed E-state index contributed by atoms with van der Waals surface area (Å²) in [4.78, 5) is 12.4. The first-order valence-corrected chi connectivity index (χ1v) is 7.63. The van der Waals surface area contributed by atoms with Gasteiger partial charge in [-0.1, -0.05) is 34.1 Å². The summed E-state index contributed by atoms with van der Waals surface area (Å²) in [6.45, 7) is 1.87. The van der Waals surface area contributed by atoms with Gasteiger partial charge in [-0.2, -0.15) is 0 Å². The van der Waals surface area contributed by atoms with E-state index in [4.69, 9.17) is 16.3 Å². The predicted molar refractivity (Wildman–Crippen MR) is 89.4 cm³/mol. The van der Waals surface area contributed by atoms with Crippen molar-refractivity contribution in [2.24, 2.45) is 0 Å². The fourth-order valence-corrected chi connectivity index (χ4v) is 2.53. The highest BCUT2D eigenvalue weighted by molar-refractivity contribution is 9.10. The molecule has 0 fully saturated rings. The van der Waals surface area contributed by atoms with Crippen molar-refractivity contribution in [3.8, 4) is 5.75 Å². The zero-order chi connectivity index (χ0) is 15.4. The van der Waals surface area contributed by atoms with Crippen LogP contribution in [0.15, 0.2) is 46.9 Å². The number of alkyl halides is 1. The molecule has 0 aromatic heterocycles. The minimum Gasteiger partial charge on any atom is -0.496 e. The normalized spacial score (nSPS) is 11.8. The quantitative estimate of drug-likeness (QED) is 0.770. The summed E-state index contributed by atoms with van der Waals surface area (Å²) >= 11 is 9.49. The molecule has 1 atom stereocenters. The van der Waals surface area contributed by atoms with Crippen LogP contribution in [0.3, 0.4) is 0 Å². The molecule has 1 unspecified atom stereocenters. The van der Waals surface area contributed by atoms with Crippen molar-refractivity contribution in [3.63, 3.8) is 0 Å². The molecule has 1 amide bonds. The van der Waals surface area contributed by atoms with Crippen molar-refractivity contribution in [1.29, 1.82) is 0 Å². The van der Waals surface area contributed by atoms with E-state index in [1.807, 2.05) is 31.2 Å². The number of para-hydroxylation sites is 1. The second-order valence-electron chi connectivity index (χ2n) is 4.50. The number of nitrogens with one attached hydrogen (secondary N) is 1. The predicted octanol–water partition coefficient (Wildman–Crippen LogP) is 5.01. The molecule has 3 nitrogen and oxygen atoms in total. The summed E-state index contributed by atoms with van der Waals surface area (Å²) < 4.78 is 6.10. The summed E-state index contributed by atoms with van der Waals surface area (Å²) in [5.74, 6) is 0.280. The number of hydrogen-bond donors (Lipinski definition) is 1. The first kappa shape index (κ1) is 15.9. The lowest BCUT2D eigenvalue weighted by Gasteiger charge is -2.14. The zero-order valence-electron chi connectivity index (χ0n) is 11.7. The molecule has 0 aliphatic rings. The van der Waals surface area contributed by atoms with E-state index in [-0.39, 0.29) is 11.3 Å². The van der Waals surface area contributed by atoms with E-state index in [1.165, 1.54) is 7.11 Å². The van der Waals surface area contributed by atoms with Crippen LogP contribution in [-0.2, 0) is 0 Å². The molecular weight excluding hydrogens is 354 g/mol. The fraction of sp³-hybridized carbons (Fsp3) is 0.188. The number of benzene rings is 2. The lowest BCUT2D eigenvalue weighted by molar-refractivity contribution is 0.102. The molecule has 110 valence electrons. The van der Waals surface area contributed by atoms with Crippen molar-refractivity contribution >= 4 is 39.1 Å². The number of halogens is 2. The third-order valence-corrected chi connectivity index (χ3v) is 3.77. The molecule has 0 radical (unpaired) electrons. The van der Waals surface area contributed by atoms with Crippen molar-refractivity contribution in [3.05, 3.63) is 58.1 Å². The van der Waals surface area contributed by atoms with E-state index in [2.05, 4.69) is 21.2 Å². The summed E-state index contributed by atoms with van der Waals surface area (Å²) in [5, 5.41) is 2.70. The van der Waals surface area contributed by atoms with E-state index < -0.39 is 0 Å². The van der Waals surface area contributed by atoms with Crippen molar-refractivity contribution in [1.82, 2.24) is 0 Å². The molecule has 0 aliphatic heterocycles. The number of ether oxygens (including phenoxy) is 1. The molecule has 21 heavy (non-hydrogen) atoms. The van der Waals surface area contributed by atoms with E-state index in [0.29, 0.717) is 17.0 Å². The smallest absolute Gasteiger partial charge is 0.259 e. The van der Waals surface area contributed by atoms with E-state index >= 15 is 0 Å². The van der Waals surface area contributed by atoms with Crippen LogP contribution in [0.1, 0.15) is 28.2 Å². The molecule has 0 bridgehead atoms. The average Bonchev–Trinajstić information content (AvgIpc) is 2.47. The molecule has 5 heteroatoms. The maximum atomic E-state index is 12.4. The largest absolute Gasteiger partial charge is 0.496 e. The number of methoxy groups -OCH3 is 1. The van der Waals surface area contributed by atoms with Crippen molar-refractivity contribution < 1.29 is 9.53 Å². The molecule has 2 rings (SSSR count). The highest BCUT2D eigenvalue weighted by atomic mass is 79.9. The molecule has 2 aromatic carbocycles. The first-order valence-electron chi connectivity index (χ1n) is 6.41. The Morgan fingerprint density at radius 2 is 2.00 bits per heavy atom. The van der Waals surface area contributed by atoms with Crippen LogP contribution in [0.25, 0.3) is 0 Å². The summed E-state index contributed by atoms with van der Waals surface area (Å²) in [7, 11) is 1.54. The molecule has 0 saturated heterocycles. The van der Waals surface area contributed by atoms with Gasteiger partial charge in [0, 0.05) is 10.2 Å². The Kier molecular flexibility index (Phi) is 5.26. The third-order valence-electron chi connectivity index (χ3n) is 3.05. The van der Waals surface area contributed by atoms with Gasteiger partial charge in [-0.05, 0) is 36.8 Å². The van der Waals surface area contributed by atoms with Crippen molar-refractivity contribution in [2.45, 2.75) is 12.3 Å². The molecular formula is C16H15BrClNO2. The van der Waals surface area contributed by atoms with E-state index in [0.717, 1.165) is 10.0 Å². The van der Waals surface area contributed by atoms with Crippen LogP contribution < -0.4 is 10.1 Å². The molecule has 1 N–H and O–H groups in total. The topological polar surface area (TPSA) is 38.3 Å². The molecule has 2 aromatic rings. The molecule has 0 saturated carbocycles. The maximum Gasteiger partial charge on any atom is 0.259 e. The van der Waals surface area contributed by atoms with Crippen LogP contribution in [-0.4, -0.2) is 13.0 Å². The summed E-state index contributed by atoms with van der Waals surface area (Å²) in [6.07, 6.45) is 0. The molecule has 0 heterocycles. The maximum absolute atomic E-state index is 12.4. The van der Waals surface area contributed by atoms with Crippen LogP contribution >= 0.6 is 27.5 Å². The van der Waals surface area contributed by atoms with Gasteiger partial charge in [0.2, 0.25) is 0 Å². The second-order valence-corrected chi connectivity index (χ2v) is 6.07. The Labute approximate surface area is 137 Å². The zero-order valence-corrected chi connectivity index (χ0v) is 14.0. The van der Waals surface area contributed by atoms with Crippen LogP contribution in [0.4, 0.5) is 5.69 Å². The number of rotatable bonds is 4.